The van der Waals surface area contributed by atoms with E-state index in [0.29, 0.717) is 18.4 Å². The van der Waals surface area contributed by atoms with E-state index in [-0.39, 0.29) is 28.1 Å². The number of rotatable bonds is 8. The molecule has 0 radical (unpaired) electrons. The molecular weight excluding hydrogens is 465 g/mol. The second kappa shape index (κ2) is 8.35. The van der Waals surface area contributed by atoms with Crippen LogP contribution in [0.2, 0.25) is 5.02 Å². The minimum absolute atomic E-state index is 0.0772. The number of carbonyl (C=O) groups is 2. The van der Waals surface area contributed by atoms with Gasteiger partial charge in [-0.1, -0.05) is 29.4 Å². The predicted octanol–water partition coefficient (Wildman–Crippen LogP) is 2.86. The van der Waals surface area contributed by atoms with Gasteiger partial charge in [0, 0.05) is 5.02 Å². The van der Waals surface area contributed by atoms with E-state index in [0.717, 1.165) is 10.7 Å². The standard InChI is InChI=1S/C20H16ClF3N6O3/c1-9(17(25)32)26-15(31)8-30-14(16(23)24)7-13(28-30)18-27-19(29-33-18)20(4-5-20)11-3-2-10(22)6-12(11)21/h2-3,6-7,16H,1,4-5,8H2,(H2,25,32)(H,26,31). The first-order valence-corrected chi connectivity index (χ1v) is 9.93. The fourth-order valence-corrected chi connectivity index (χ4v) is 3.73. The monoisotopic (exact) mass is 480 g/mol. The zero-order valence-electron chi connectivity index (χ0n) is 16.8. The van der Waals surface area contributed by atoms with Crippen LogP contribution in [0.3, 0.4) is 0 Å². The average Bonchev–Trinajstić information content (AvgIpc) is 3.18. The van der Waals surface area contributed by atoms with Crippen LogP contribution in [0.4, 0.5) is 13.2 Å². The molecule has 0 bridgehead atoms. The number of halogens is 4. The second-order valence-corrected chi connectivity index (χ2v) is 7.84. The normalized spacial score (nSPS) is 14.3. The Hall–Kier alpha value is -3.67. The third-order valence-electron chi connectivity index (χ3n) is 5.19. The molecule has 9 nitrogen and oxygen atoms in total. The number of hydrogen-bond acceptors (Lipinski definition) is 6. The molecule has 1 aliphatic rings. The molecule has 1 fully saturated rings. The first-order chi connectivity index (χ1) is 15.6. The van der Waals surface area contributed by atoms with Gasteiger partial charge >= 0.3 is 0 Å². The molecule has 2 heterocycles. The molecule has 2 amide bonds. The third-order valence-corrected chi connectivity index (χ3v) is 5.50. The van der Waals surface area contributed by atoms with Crippen molar-refractivity contribution in [3.05, 3.63) is 64.5 Å². The molecule has 3 aromatic rings. The summed E-state index contributed by atoms with van der Waals surface area (Å²) < 4.78 is 46.4. The Morgan fingerprint density at radius 2 is 2.06 bits per heavy atom. The Morgan fingerprint density at radius 3 is 2.67 bits per heavy atom. The van der Waals surface area contributed by atoms with Crippen LogP contribution in [0.1, 0.15) is 36.3 Å². The van der Waals surface area contributed by atoms with Crippen molar-refractivity contribution < 1.29 is 27.3 Å². The highest BCUT2D eigenvalue weighted by atomic mass is 35.5. The van der Waals surface area contributed by atoms with E-state index in [2.05, 4.69) is 27.1 Å². The van der Waals surface area contributed by atoms with Crippen LogP contribution < -0.4 is 11.1 Å². The van der Waals surface area contributed by atoms with Crippen LogP contribution in [0, 0.1) is 5.82 Å². The Morgan fingerprint density at radius 1 is 1.33 bits per heavy atom. The zero-order chi connectivity index (χ0) is 23.9. The summed E-state index contributed by atoms with van der Waals surface area (Å²) in [6.45, 7) is 2.63. The number of nitrogens with zero attached hydrogens (tertiary/aromatic N) is 4. The van der Waals surface area contributed by atoms with E-state index in [4.69, 9.17) is 21.9 Å². The highest BCUT2D eigenvalue weighted by Gasteiger charge is 2.51. The van der Waals surface area contributed by atoms with Gasteiger partial charge in [-0.3, -0.25) is 14.3 Å². The van der Waals surface area contributed by atoms with Crippen LogP contribution >= 0.6 is 11.6 Å². The number of primary amides is 1. The topological polar surface area (TPSA) is 129 Å². The summed E-state index contributed by atoms with van der Waals surface area (Å²) in [6, 6.07) is 5.02. The Labute approximate surface area is 189 Å². The summed E-state index contributed by atoms with van der Waals surface area (Å²) in [4.78, 5) is 27.3. The Kier molecular flexibility index (Phi) is 5.70. The van der Waals surface area contributed by atoms with Gasteiger partial charge in [0.1, 0.15) is 18.1 Å². The van der Waals surface area contributed by atoms with Crippen molar-refractivity contribution in [2.24, 2.45) is 5.73 Å². The van der Waals surface area contributed by atoms with Crippen molar-refractivity contribution in [1.82, 2.24) is 25.2 Å². The molecule has 0 spiro atoms. The lowest BCUT2D eigenvalue weighted by Crippen LogP contribution is -2.33. The highest BCUT2D eigenvalue weighted by Crippen LogP contribution is 2.54. The largest absolute Gasteiger partial charge is 0.364 e. The van der Waals surface area contributed by atoms with Crippen molar-refractivity contribution in [1.29, 1.82) is 0 Å². The quantitative estimate of drug-likeness (QED) is 0.477. The first-order valence-electron chi connectivity index (χ1n) is 9.55. The molecule has 3 N–H and O–H groups in total. The zero-order valence-corrected chi connectivity index (χ0v) is 17.6. The van der Waals surface area contributed by atoms with E-state index in [1.165, 1.54) is 12.1 Å². The summed E-state index contributed by atoms with van der Waals surface area (Å²) in [5.74, 6) is -2.16. The maximum Gasteiger partial charge on any atom is 0.280 e. The van der Waals surface area contributed by atoms with Gasteiger partial charge in [-0.15, -0.1) is 0 Å². The van der Waals surface area contributed by atoms with Crippen LogP contribution in [-0.4, -0.2) is 31.7 Å². The third kappa shape index (κ3) is 4.33. The Bertz CT molecular complexity index is 1270. The van der Waals surface area contributed by atoms with Crippen LogP contribution in [0.15, 0.2) is 41.1 Å². The highest BCUT2D eigenvalue weighted by molar-refractivity contribution is 6.31. The molecule has 1 aliphatic carbocycles. The summed E-state index contributed by atoms with van der Waals surface area (Å²) in [5.41, 5.74) is 3.90. The lowest BCUT2D eigenvalue weighted by molar-refractivity contribution is -0.123. The van der Waals surface area contributed by atoms with E-state index in [9.17, 15) is 22.8 Å². The summed E-state index contributed by atoms with van der Waals surface area (Å²) in [5, 5.41) is 10.2. The number of nitrogens with two attached hydrogens (primary N) is 1. The lowest BCUT2D eigenvalue weighted by atomic mass is 9.95. The first kappa shape index (κ1) is 22.5. The molecule has 4 rings (SSSR count). The smallest absolute Gasteiger partial charge is 0.280 e. The van der Waals surface area contributed by atoms with Crippen LogP contribution in [-0.2, 0) is 21.5 Å². The van der Waals surface area contributed by atoms with E-state index < -0.39 is 41.7 Å². The fourth-order valence-electron chi connectivity index (χ4n) is 3.38. The fraction of sp³-hybridized carbons (Fsp3) is 0.250. The van der Waals surface area contributed by atoms with Gasteiger partial charge in [0.25, 0.3) is 18.2 Å². The van der Waals surface area contributed by atoms with Gasteiger partial charge in [-0.05, 0) is 36.6 Å². The molecule has 1 saturated carbocycles. The predicted molar refractivity (Wildman–Crippen MR) is 108 cm³/mol. The molecule has 33 heavy (non-hydrogen) atoms. The average molecular weight is 481 g/mol. The van der Waals surface area contributed by atoms with Crippen molar-refractivity contribution in [2.75, 3.05) is 0 Å². The van der Waals surface area contributed by atoms with Crippen molar-refractivity contribution >= 4 is 23.4 Å². The van der Waals surface area contributed by atoms with E-state index in [1.54, 1.807) is 6.07 Å². The molecular formula is C20H16ClF3N6O3. The summed E-state index contributed by atoms with van der Waals surface area (Å²) in [7, 11) is 0. The van der Waals surface area contributed by atoms with Crippen molar-refractivity contribution in [3.8, 4) is 11.6 Å². The van der Waals surface area contributed by atoms with Gasteiger partial charge in [0.15, 0.2) is 11.5 Å². The minimum atomic E-state index is -2.96. The molecule has 0 unspecified atom stereocenters. The number of benzene rings is 1. The van der Waals surface area contributed by atoms with Crippen molar-refractivity contribution in [3.63, 3.8) is 0 Å². The molecule has 0 aliphatic heterocycles. The molecule has 0 atom stereocenters. The van der Waals surface area contributed by atoms with Gasteiger partial charge in [0.05, 0.1) is 11.1 Å². The minimum Gasteiger partial charge on any atom is -0.364 e. The maximum absolute atomic E-state index is 13.5. The molecule has 13 heteroatoms. The Balaban J connectivity index is 1.61. The number of hydrogen-bond donors (Lipinski definition) is 2. The van der Waals surface area contributed by atoms with Gasteiger partial charge in [0.2, 0.25) is 5.91 Å². The summed E-state index contributed by atoms with van der Waals surface area (Å²) in [6.07, 6.45) is -1.69. The number of nitrogens with one attached hydrogen (secondary N) is 1. The summed E-state index contributed by atoms with van der Waals surface area (Å²) >= 11 is 6.19. The van der Waals surface area contributed by atoms with Crippen molar-refractivity contribution in [2.45, 2.75) is 31.2 Å². The van der Waals surface area contributed by atoms with Gasteiger partial charge in [-0.2, -0.15) is 10.1 Å². The van der Waals surface area contributed by atoms with E-state index >= 15 is 0 Å². The SMILES string of the molecule is C=C(NC(=O)Cn1nc(-c2nc(C3(c4ccc(F)cc4Cl)CC3)no2)cc1C(F)F)C(N)=O. The van der Waals surface area contributed by atoms with Gasteiger partial charge in [-0.25, -0.2) is 13.2 Å². The maximum atomic E-state index is 13.5. The second-order valence-electron chi connectivity index (χ2n) is 7.43. The molecule has 1 aromatic carbocycles. The molecule has 2 aromatic heterocycles. The van der Waals surface area contributed by atoms with E-state index in [1.807, 2.05) is 0 Å². The van der Waals surface area contributed by atoms with Crippen LogP contribution in [0.5, 0.6) is 0 Å². The van der Waals surface area contributed by atoms with Gasteiger partial charge < -0.3 is 15.6 Å². The number of aromatic nitrogens is 4. The molecule has 172 valence electrons. The number of carbonyl (C=O) groups excluding carboxylic acids is 2. The lowest BCUT2D eigenvalue weighted by Gasteiger charge is -2.12. The number of amides is 2. The van der Waals surface area contributed by atoms with Crippen LogP contribution in [0.25, 0.3) is 11.6 Å². The molecule has 0 saturated heterocycles. The number of alkyl halides is 2.